The zero-order valence-corrected chi connectivity index (χ0v) is 14.6. The van der Waals surface area contributed by atoms with E-state index in [0.29, 0.717) is 16.9 Å². The molecule has 6 nitrogen and oxygen atoms in total. The molecule has 7 heteroatoms. The molecule has 0 saturated carbocycles. The van der Waals surface area contributed by atoms with E-state index in [2.05, 4.69) is 36.2 Å². The van der Waals surface area contributed by atoms with Crippen molar-refractivity contribution in [3.05, 3.63) is 35.7 Å². The van der Waals surface area contributed by atoms with Crippen LogP contribution in [0.25, 0.3) is 0 Å². The standard InChI is InChI=1S/C16H22N4O2S/c1-10(2)12-5-7-13(8-6-12)22-11(3)15-18-19-16(20(15)4)23-9-14(17)21/h5-8,10-11H,9H2,1-4H3,(H2,17,21). The number of rotatable bonds is 7. The second kappa shape index (κ2) is 7.50. The number of thioether (sulfide) groups is 1. The maximum atomic E-state index is 10.9. The Morgan fingerprint density at radius 2 is 1.91 bits per heavy atom. The van der Waals surface area contributed by atoms with Crippen LogP contribution >= 0.6 is 11.8 Å². The van der Waals surface area contributed by atoms with E-state index < -0.39 is 0 Å². The minimum absolute atomic E-state index is 0.178. The van der Waals surface area contributed by atoms with Gasteiger partial charge in [-0.2, -0.15) is 0 Å². The molecule has 0 spiro atoms. The molecule has 0 saturated heterocycles. The highest BCUT2D eigenvalue weighted by Crippen LogP contribution is 2.25. The Labute approximate surface area is 140 Å². The number of hydrogen-bond donors (Lipinski definition) is 1. The van der Waals surface area contributed by atoms with Gasteiger partial charge in [0.05, 0.1) is 5.75 Å². The van der Waals surface area contributed by atoms with Gasteiger partial charge in [-0.3, -0.25) is 4.79 Å². The van der Waals surface area contributed by atoms with E-state index in [-0.39, 0.29) is 17.8 Å². The predicted octanol–water partition coefficient (Wildman–Crippen LogP) is 2.66. The second-order valence-corrected chi connectivity index (χ2v) is 6.58. The molecular formula is C16H22N4O2S. The van der Waals surface area contributed by atoms with E-state index >= 15 is 0 Å². The molecule has 0 aliphatic carbocycles. The zero-order chi connectivity index (χ0) is 17.0. The van der Waals surface area contributed by atoms with Crippen LogP contribution < -0.4 is 10.5 Å². The van der Waals surface area contributed by atoms with Crippen molar-refractivity contribution in [1.82, 2.24) is 14.8 Å². The summed E-state index contributed by atoms with van der Waals surface area (Å²) in [5, 5.41) is 8.87. The van der Waals surface area contributed by atoms with Crippen LogP contribution in [0.15, 0.2) is 29.4 Å². The molecule has 2 rings (SSSR count). The zero-order valence-electron chi connectivity index (χ0n) is 13.8. The van der Waals surface area contributed by atoms with Gasteiger partial charge in [-0.25, -0.2) is 0 Å². The molecular weight excluding hydrogens is 312 g/mol. The molecule has 23 heavy (non-hydrogen) atoms. The summed E-state index contributed by atoms with van der Waals surface area (Å²) in [5.74, 6) is 1.78. The van der Waals surface area contributed by atoms with E-state index in [1.54, 1.807) is 0 Å². The van der Waals surface area contributed by atoms with E-state index in [1.165, 1.54) is 17.3 Å². The molecule has 1 unspecified atom stereocenters. The van der Waals surface area contributed by atoms with Gasteiger partial charge < -0.3 is 15.0 Å². The molecule has 124 valence electrons. The molecule has 0 aliphatic heterocycles. The van der Waals surface area contributed by atoms with E-state index in [0.717, 1.165) is 5.75 Å². The first-order valence-electron chi connectivity index (χ1n) is 7.45. The third-order valence-electron chi connectivity index (χ3n) is 3.44. The first-order valence-corrected chi connectivity index (χ1v) is 8.44. The fraction of sp³-hybridized carbons (Fsp3) is 0.438. The van der Waals surface area contributed by atoms with Crippen LogP contribution in [0.2, 0.25) is 0 Å². The number of nitrogens with two attached hydrogens (primary N) is 1. The SMILES string of the molecule is CC(C)c1ccc(OC(C)c2nnc(SCC(N)=O)n2C)cc1. The maximum Gasteiger partial charge on any atom is 0.227 e. The number of hydrogen-bond acceptors (Lipinski definition) is 5. The van der Waals surface area contributed by atoms with Gasteiger partial charge in [-0.05, 0) is 30.5 Å². The summed E-state index contributed by atoms with van der Waals surface area (Å²) >= 11 is 1.26. The van der Waals surface area contributed by atoms with Crippen molar-refractivity contribution in [1.29, 1.82) is 0 Å². The molecule has 1 atom stereocenters. The summed E-state index contributed by atoms with van der Waals surface area (Å²) in [6, 6.07) is 8.06. The topological polar surface area (TPSA) is 83.0 Å². The quantitative estimate of drug-likeness (QED) is 0.787. The fourth-order valence-electron chi connectivity index (χ4n) is 2.13. The lowest BCUT2D eigenvalue weighted by Crippen LogP contribution is -2.14. The van der Waals surface area contributed by atoms with Crippen LogP contribution in [0.1, 0.15) is 44.2 Å². The predicted molar refractivity (Wildman–Crippen MR) is 90.5 cm³/mol. The molecule has 1 aromatic heterocycles. The van der Waals surface area contributed by atoms with Crippen LogP contribution in [-0.4, -0.2) is 26.4 Å². The van der Waals surface area contributed by atoms with Gasteiger partial charge >= 0.3 is 0 Å². The fourth-order valence-corrected chi connectivity index (χ4v) is 2.79. The number of benzene rings is 1. The maximum absolute atomic E-state index is 10.9. The van der Waals surface area contributed by atoms with Crippen LogP contribution in [0.4, 0.5) is 0 Å². The van der Waals surface area contributed by atoms with Crippen molar-refractivity contribution in [2.24, 2.45) is 12.8 Å². The number of primary amides is 1. The number of carbonyl (C=O) groups excluding carboxylic acids is 1. The van der Waals surface area contributed by atoms with Crippen LogP contribution in [0, 0.1) is 0 Å². The number of nitrogens with zero attached hydrogens (tertiary/aromatic N) is 3. The molecule has 0 bridgehead atoms. The summed E-state index contributed by atoms with van der Waals surface area (Å²) in [6.45, 7) is 6.23. The Hall–Kier alpha value is -2.02. The van der Waals surface area contributed by atoms with Crippen LogP contribution in [0.3, 0.4) is 0 Å². The summed E-state index contributed by atoms with van der Waals surface area (Å²) < 4.78 is 7.75. The van der Waals surface area contributed by atoms with Gasteiger partial charge in [0.25, 0.3) is 0 Å². The summed E-state index contributed by atoms with van der Waals surface area (Å²) in [6.07, 6.45) is -0.250. The van der Waals surface area contributed by atoms with E-state index in [9.17, 15) is 4.79 Å². The van der Waals surface area contributed by atoms with Crippen LogP contribution in [0.5, 0.6) is 5.75 Å². The minimum Gasteiger partial charge on any atom is -0.483 e. The van der Waals surface area contributed by atoms with E-state index in [4.69, 9.17) is 10.5 Å². The average Bonchev–Trinajstić information content (AvgIpc) is 2.86. The summed E-state index contributed by atoms with van der Waals surface area (Å²) in [7, 11) is 1.85. The molecule has 1 heterocycles. The van der Waals surface area contributed by atoms with Crippen molar-refractivity contribution in [3.8, 4) is 5.75 Å². The Bertz CT molecular complexity index is 667. The molecule has 0 aliphatic rings. The molecule has 0 radical (unpaired) electrons. The van der Waals surface area contributed by atoms with Crippen molar-refractivity contribution in [3.63, 3.8) is 0 Å². The van der Waals surface area contributed by atoms with Gasteiger partial charge in [-0.1, -0.05) is 37.7 Å². The summed E-state index contributed by atoms with van der Waals surface area (Å²) in [4.78, 5) is 10.9. The van der Waals surface area contributed by atoms with Crippen molar-refractivity contribution in [2.45, 2.75) is 37.9 Å². The van der Waals surface area contributed by atoms with E-state index in [1.807, 2.05) is 30.7 Å². The van der Waals surface area contributed by atoms with Gasteiger partial charge in [0.15, 0.2) is 17.1 Å². The molecule has 1 aromatic carbocycles. The summed E-state index contributed by atoms with van der Waals surface area (Å²) in [5.41, 5.74) is 6.42. The van der Waals surface area contributed by atoms with Gasteiger partial charge in [0, 0.05) is 7.05 Å². The largest absolute Gasteiger partial charge is 0.483 e. The highest BCUT2D eigenvalue weighted by Gasteiger charge is 2.17. The van der Waals surface area contributed by atoms with Gasteiger partial charge in [-0.15, -0.1) is 10.2 Å². The number of carbonyl (C=O) groups is 1. The third kappa shape index (κ3) is 4.48. The molecule has 0 fully saturated rings. The number of ether oxygens (including phenoxy) is 1. The van der Waals surface area contributed by atoms with Crippen molar-refractivity contribution >= 4 is 17.7 Å². The third-order valence-corrected chi connectivity index (χ3v) is 4.48. The highest BCUT2D eigenvalue weighted by atomic mass is 32.2. The number of aromatic nitrogens is 3. The average molecular weight is 334 g/mol. The first-order chi connectivity index (χ1) is 10.9. The first kappa shape index (κ1) is 17.3. The normalized spacial score (nSPS) is 12.4. The van der Waals surface area contributed by atoms with Crippen molar-refractivity contribution < 1.29 is 9.53 Å². The molecule has 1 amide bonds. The van der Waals surface area contributed by atoms with Gasteiger partial charge in [0.2, 0.25) is 5.91 Å². The van der Waals surface area contributed by atoms with Crippen LogP contribution in [-0.2, 0) is 11.8 Å². The number of amides is 1. The minimum atomic E-state index is -0.380. The lowest BCUT2D eigenvalue weighted by molar-refractivity contribution is -0.115. The van der Waals surface area contributed by atoms with Gasteiger partial charge in [0.1, 0.15) is 5.75 Å². The lowest BCUT2D eigenvalue weighted by Gasteiger charge is -2.15. The smallest absolute Gasteiger partial charge is 0.227 e. The lowest BCUT2D eigenvalue weighted by atomic mass is 10.0. The molecule has 2 N–H and O–H groups in total. The monoisotopic (exact) mass is 334 g/mol. The Morgan fingerprint density at radius 3 is 2.48 bits per heavy atom. The Morgan fingerprint density at radius 1 is 1.26 bits per heavy atom. The van der Waals surface area contributed by atoms with Crippen molar-refractivity contribution in [2.75, 3.05) is 5.75 Å². The highest BCUT2D eigenvalue weighted by molar-refractivity contribution is 7.99. The Balaban J connectivity index is 2.05. The Kier molecular flexibility index (Phi) is 5.65. The molecule has 2 aromatic rings. The second-order valence-electron chi connectivity index (χ2n) is 5.64.